The monoisotopic (exact) mass is 392 g/mol. The average Bonchev–Trinajstić information content (AvgIpc) is 2.61. The average molecular weight is 393 g/mol. The fourth-order valence-electron chi connectivity index (χ4n) is 3.17. The Morgan fingerprint density at radius 1 is 1.37 bits per heavy atom. The molecule has 1 unspecified atom stereocenters. The number of halogens is 2. The molecule has 0 fully saturated rings. The van der Waals surface area contributed by atoms with Gasteiger partial charge in [0.15, 0.2) is 0 Å². The van der Waals surface area contributed by atoms with Gasteiger partial charge in [0.2, 0.25) is 11.8 Å². The van der Waals surface area contributed by atoms with Gasteiger partial charge in [-0.1, -0.05) is 17.7 Å². The third-order valence-corrected chi connectivity index (χ3v) is 4.64. The van der Waals surface area contributed by atoms with E-state index < -0.39 is 11.7 Å². The van der Waals surface area contributed by atoms with Crippen molar-refractivity contribution in [3.8, 4) is 5.75 Å². The molecule has 2 amide bonds. The first-order valence-corrected chi connectivity index (χ1v) is 8.56. The molecule has 8 heteroatoms. The molecule has 3 rings (SSSR count). The SMILES string of the molecule is COCC(=O)Nc1cc2c(cc1OC)C(c1c(F)cccc1Cl)CC(=O)N2. The molecule has 2 aromatic carbocycles. The molecule has 27 heavy (non-hydrogen) atoms. The van der Waals surface area contributed by atoms with Crippen molar-refractivity contribution < 1.29 is 23.5 Å². The van der Waals surface area contributed by atoms with E-state index in [0.717, 1.165) is 0 Å². The molecule has 0 aliphatic carbocycles. The van der Waals surface area contributed by atoms with Crippen molar-refractivity contribution in [3.05, 3.63) is 52.3 Å². The summed E-state index contributed by atoms with van der Waals surface area (Å²) in [5.41, 5.74) is 1.75. The lowest BCUT2D eigenvalue weighted by molar-refractivity contribution is -0.119. The lowest BCUT2D eigenvalue weighted by Gasteiger charge is -2.28. The fourth-order valence-corrected chi connectivity index (χ4v) is 3.47. The number of anilines is 2. The molecule has 0 aromatic heterocycles. The molecule has 0 saturated carbocycles. The summed E-state index contributed by atoms with van der Waals surface area (Å²) in [6.07, 6.45) is 0.0478. The van der Waals surface area contributed by atoms with E-state index in [2.05, 4.69) is 10.6 Å². The Balaban J connectivity index is 2.09. The Labute approximate surface area is 160 Å². The third-order valence-electron chi connectivity index (χ3n) is 4.31. The molecule has 142 valence electrons. The maximum atomic E-state index is 14.5. The third kappa shape index (κ3) is 3.89. The van der Waals surface area contributed by atoms with Gasteiger partial charge in [-0.05, 0) is 29.8 Å². The van der Waals surface area contributed by atoms with Crippen molar-refractivity contribution in [1.29, 1.82) is 0 Å². The van der Waals surface area contributed by atoms with E-state index in [1.807, 2.05) is 0 Å². The normalized spacial score (nSPS) is 15.7. The summed E-state index contributed by atoms with van der Waals surface area (Å²) in [5, 5.41) is 5.66. The van der Waals surface area contributed by atoms with Crippen molar-refractivity contribution in [2.24, 2.45) is 0 Å². The van der Waals surface area contributed by atoms with Gasteiger partial charge in [0.25, 0.3) is 0 Å². The first kappa shape index (κ1) is 19.1. The fraction of sp³-hybridized carbons (Fsp3) is 0.263. The standard InChI is InChI=1S/C19H18ClFN2O4/c1-26-9-18(25)23-15-8-14-10(6-16(15)27-2)11(7-17(24)22-14)19-12(20)4-3-5-13(19)21/h3-6,8,11H,7,9H2,1-2H3,(H,22,24)(H,23,25). The van der Waals surface area contributed by atoms with Crippen LogP contribution in [0.4, 0.5) is 15.8 Å². The van der Waals surface area contributed by atoms with Gasteiger partial charge in [-0.15, -0.1) is 0 Å². The molecule has 1 aliphatic rings. The van der Waals surface area contributed by atoms with Gasteiger partial charge in [-0.2, -0.15) is 0 Å². The quantitative estimate of drug-likeness (QED) is 0.815. The van der Waals surface area contributed by atoms with Crippen molar-refractivity contribution >= 4 is 34.8 Å². The van der Waals surface area contributed by atoms with Crippen LogP contribution in [-0.4, -0.2) is 32.6 Å². The highest BCUT2D eigenvalue weighted by molar-refractivity contribution is 6.31. The zero-order valence-electron chi connectivity index (χ0n) is 14.8. The predicted octanol–water partition coefficient (Wildman–Crippen LogP) is 3.55. The number of nitrogens with one attached hydrogen (secondary N) is 2. The summed E-state index contributed by atoms with van der Waals surface area (Å²) in [4.78, 5) is 24.0. The maximum absolute atomic E-state index is 14.5. The van der Waals surface area contributed by atoms with Crippen molar-refractivity contribution in [2.75, 3.05) is 31.5 Å². The van der Waals surface area contributed by atoms with Crippen LogP contribution >= 0.6 is 11.6 Å². The van der Waals surface area contributed by atoms with Crippen molar-refractivity contribution in [1.82, 2.24) is 0 Å². The van der Waals surface area contributed by atoms with Crippen LogP contribution in [0.25, 0.3) is 0 Å². The first-order valence-electron chi connectivity index (χ1n) is 8.19. The largest absolute Gasteiger partial charge is 0.495 e. The Kier molecular flexibility index (Phi) is 5.62. The van der Waals surface area contributed by atoms with Gasteiger partial charge < -0.3 is 20.1 Å². The van der Waals surface area contributed by atoms with Gasteiger partial charge in [-0.25, -0.2) is 4.39 Å². The number of carbonyl (C=O) groups is 2. The highest BCUT2D eigenvalue weighted by atomic mass is 35.5. The predicted molar refractivity (Wildman–Crippen MR) is 100.0 cm³/mol. The molecule has 0 saturated heterocycles. The topological polar surface area (TPSA) is 76.7 Å². The second-order valence-electron chi connectivity index (χ2n) is 6.06. The van der Waals surface area contributed by atoms with Crippen LogP contribution in [-0.2, 0) is 14.3 Å². The first-order chi connectivity index (χ1) is 12.9. The van der Waals surface area contributed by atoms with Crippen molar-refractivity contribution in [3.63, 3.8) is 0 Å². The van der Waals surface area contributed by atoms with Crippen LogP contribution in [0, 0.1) is 5.82 Å². The van der Waals surface area contributed by atoms with Crippen LogP contribution in [0.2, 0.25) is 5.02 Å². The number of fused-ring (bicyclic) bond motifs is 1. The second kappa shape index (κ2) is 7.94. The smallest absolute Gasteiger partial charge is 0.250 e. The molecule has 0 bridgehead atoms. The molecule has 1 aliphatic heterocycles. The molecule has 2 N–H and O–H groups in total. The van der Waals surface area contributed by atoms with E-state index in [0.29, 0.717) is 22.7 Å². The Morgan fingerprint density at radius 3 is 2.81 bits per heavy atom. The molecule has 0 spiro atoms. The summed E-state index contributed by atoms with van der Waals surface area (Å²) < 4.78 is 24.6. The zero-order chi connectivity index (χ0) is 19.6. The minimum Gasteiger partial charge on any atom is -0.495 e. The molecule has 6 nitrogen and oxygen atoms in total. The molecule has 1 atom stereocenters. The van der Waals surface area contributed by atoms with E-state index in [-0.39, 0.29) is 35.4 Å². The number of hydrogen-bond donors (Lipinski definition) is 2. The number of carbonyl (C=O) groups excluding carboxylic acids is 2. The van der Waals surface area contributed by atoms with E-state index in [4.69, 9.17) is 21.1 Å². The lowest BCUT2D eigenvalue weighted by atomic mass is 9.84. The molecular weight excluding hydrogens is 375 g/mol. The van der Waals surface area contributed by atoms with Gasteiger partial charge in [0, 0.05) is 35.7 Å². The highest BCUT2D eigenvalue weighted by Crippen LogP contribution is 2.44. The van der Waals surface area contributed by atoms with E-state index >= 15 is 0 Å². The van der Waals surface area contributed by atoms with E-state index in [1.54, 1.807) is 18.2 Å². The van der Waals surface area contributed by atoms with Crippen LogP contribution in [0.3, 0.4) is 0 Å². The van der Waals surface area contributed by atoms with Gasteiger partial charge in [-0.3, -0.25) is 9.59 Å². The second-order valence-corrected chi connectivity index (χ2v) is 6.47. The summed E-state index contributed by atoms with van der Waals surface area (Å²) in [6, 6.07) is 7.66. The van der Waals surface area contributed by atoms with Crippen LogP contribution in [0.15, 0.2) is 30.3 Å². The number of methoxy groups -OCH3 is 2. The van der Waals surface area contributed by atoms with Gasteiger partial charge >= 0.3 is 0 Å². The number of rotatable bonds is 5. The van der Waals surface area contributed by atoms with Crippen LogP contribution in [0.1, 0.15) is 23.5 Å². The van der Waals surface area contributed by atoms with Gasteiger partial charge in [0.1, 0.15) is 18.2 Å². The van der Waals surface area contributed by atoms with Crippen LogP contribution in [0.5, 0.6) is 5.75 Å². The molecular formula is C19H18ClFN2O4. The van der Waals surface area contributed by atoms with E-state index in [9.17, 15) is 14.0 Å². The zero-order valence-corrected chi connectivity index (χ0v) is 15.5. The van der Waals surface area contributed by atoms with Crippen molar-refractivity contribution in [2.45, 2.75) is 12.3 Å². The number of benzene rings is 2. The Hall–Kier alpha value is -2.64. The maximum Gasteiger partial charge on any atom is 0.250 e. The lowest BCUT2D eigenvalue weighted by Crippen LogP contribution is -2.25. The summed E-state index contributed by atoms with van der Waals surface area (Å²) in [5.74, 6) is -1.31. The highest BCUT2D eigenvalue weighted by Gasteiger charge is 2.31. The summed E-state index contributed by atoms with van der Waals surface area (Å²) in [6.45, 7) is -0.125. The Bertz CT molecular complexity index is 883. The molecule has 0 radical (unpaired) electrons. The summed E-state index contributed by atoms with van der Waals surface area (Å²) in [7, 11) is 2.87. The Morgan fingerprint density at radius 2 is 2.15 bits per heavy atom. The van der Waals surface area contributed by atoms with Gasteiger partial charge in [0.05, 0.1) is 12.8 Å². The minimum absolute atomic E-state index is 0.0478. The number of hydrogen-bond acceptors (Lipinski definition) is 4. The van der Waals surface area contributed by atoms with Crippen LogP contribution < -0.4 is 15.4 Å². The number of ether oxygens (including phenoxy) is 2. The minimum atomic E-state index is -0.569. The number of amides is 2. The molecule has 2 aromatic rings. The van der Waals surface area contributed by atoms with E-state index in [1.165, 1.54) is 26.4 Å². The summed E-state index contributed by atoms with van der Waals surface area (Å²) >= 11 is 6.21. The molecule has 1 heterocycles.